The summed E-state index contributed by atoms with van der Waals surface area (Å²) in [5.74, 6) is -0.207. The molecule has 3 rings (SSSR count). The molecule has 1 aliphatic heterocycles. The van der Waals surface area contributed by atoms with E-state index in [1.807, 2.05) is 6.07 Å². The Morgan fingerprint density at radius 2 is 2.08 bits per heavy atom. The molecule has 0 amide bonds. The zero-order valence-corrected chi connectivity index (χ0v) is 15.0. The first-order valence-corrected chi connectivity index (χ1v) is 9.10. The zero-order chi connectivity index (χ0) is 17.2. The number of nitrogens with zero attached hydrogens (tertiary/aromatic N) is 1. The highest BCUT2D eigenvalue weighted by Crippen LogP contribution is 2.32. The molecular formula is C19H24FNO2S. The number of hydrogen-bond acceptors (Lipinski definition) is 4. The molecule has 1 saturated heterocycles. The van der Waals surface area contributed by atoms with E-state index < -0.39 is 0 Å². The Labute approximate surface area is 146 Å². The van der Waals surface area contributed by atoms with Gasteiger partial charge in [-0.2, -0.15) is 0 Å². The van der Waals surface area contributed by atoms with Crippen LogP contribution in [0, 0.1) is 11.2 Å². The molecule has 0 unspecified atom stereocenters. The second kappa shape index (κ2) is 7.31. The molecule has 2 aromatic rings. The summed E-state index contributed by atoms with van der Waals surface area (Å²) in [5.41, 5.74) is 0.800. The van der Waals surface area contributed by atoms with Gasteiger partial charge in [-0.15, -0.1) is 11.3 Å². The minimum absolute atomic E-state index is 0.118. The van der Waals surface area contributed by atoms with E-state index in [2.05, 4.69) is 30.9 Å². The van der Waals surface area contributed by atoms with Crippen molar-refractivity contribution in [2.75, 3.05) is 26.4 Å². The van der Waals surface area contributed by atoms with Crippen molar-refractivity contribution in [3.8, 4) is 10.4 Å². The fraction of sp³-hybridized carbons (Fsp3) is 0.474. The third kappa shape index (κ3) is 3.86. The van der Waals surface area contributed by atoms with Gasteiger partial charge in [-0.05, 0) is 43.7 Å². The van der Waals surface area contributed by atoms with Crippen LogP contribution < -0.4 is 0 Å². The first-order valence-electron chi connectivity index (χ1n) is 8.29. The van der Waals surface area contributed by atoms with Gasteiger partial charge in [-0.3, -0.25) is 4.90 Å². The third-order valence-electron chi connectivity index (χ3n) is 4.55. The van der Waals surface area contributed by atoms with Crippen LogP contribution in [0.4, 0.5) is 4.39 Å². The quantitative estimate of drug-likeness (QED) is 0.826. The second-order valence-electron chi connectivity index (χ2n) is 6.93. The Balaban J connectivity index is 1.71. The van der Waals surface area contributed by atoms with Crippen LogP contribution in [0.1, 0.15) is 18.7 Å². The lowest BCUT2D eigenvalue weighted by molar-refractivity contribution is -0.151. The zero-order valence-electron chi connectivity index (χ0n) is 14.2. The van der Waals surface area contributed by atoms with Crippen molar-refractivity contribution in [2.24, 2.45) is 5.41 Å². The number of hydrogen-bond donors (Lipinski definition) is 1. The van der Waals surface area contributed by atoms with Crippen molar-refractivity contribution in [3.05, 3.63) is 47.1 Å². The molecule has 130 valence electrons. The van der Waals surface area contributed by atoms with Crippen molar-refractivity contribution in [3.63, 3.8) is 0 Å². The first kappa shape index (κ1) is 17.5. The predicted molar refractivity (Wildman–Crippen MR) is 95.6 cm³/mol. The molecule has 0 saturated carbocycles. The van der Waals surface area contributed by atoms with E-state index >= 15 is 0 Å². The van der Waals surface area contributed by atoms with Gasteiger partial charge in [0.1, 0.15) is 5.82 Å². The lowest BCUT2D eigenvalue weighted by atomic mass is 9.86. The third-order valence-corrected chi connectivity index (χ3v) is 5.67. The Morgan fingerprint density at radius 3 is 2.67 bits per heavy atom. The smallest absolute Gasteiger partial charge is 0.123 e. The van der Waals surface area contributed by atoms with Crippen LogP contribution in [0.2, 0.25) is 0 Å². The Kier molecular flexibility index (Phi) is 5.35. The Morgan fingerprint density at radius 1 is 1.29 bits per heavy atom. The SMILES string of the molecule is CC(C)N(Cc1ccc(-c2cccc(F)c2)s1)CC1(CO)COC1. The highest BCUT2D eigenvalue weighted by molar-refractivity contribution is 7.15. The molecule has 1 aliphatic rings. The summed E-state index contributed by atoms with van der Waals surface area (Å²) < 4.78 is 18.7. The van der Waals surface area contributed by atoms with Gasteiger partial charge >= 0.3 is 0 Å². The molecule has 2 heterocycles. The number of benzene rings is 1. The minimum Gasteiger partial charge on any atom is -0.396 e. The molecule has 1 aromatic carbocycles. The Hall–Kier alpha value is -1.27. The summed E-state index contributed by atoms with van der Waals surface area (Å²) in [5, 5.41) is 9.67. The van der Waals surface area contributed by atoms with Crippen LogP contribution in [-0.2, 0) is 11.3 Å². The fourth-order valence-corrected chi connectivity index (χ4v) is 3.96. The molecule has 0 aliphatic carbocycles. The monoisotopic (exact) mass is 349 g/mol. The highest BCUT2D eigenvalue weighted by atomic mass is 32.1. The molecule has 1 fully saturated rings. The summed E-state index contributed by atoms with van der Waals surface area (Å²) in [6.07, 6.45) is 0. The first-order chi connectivity index (χ1) is 11.5. The number of halogens is 1. The lowest BCUT2D eigenvalue weighted by Gasteiger charge is -2.44. The van der Waals surface area contributed by atoms with E-state index in [0.29, 0.717) is 19.3 Å². The fourth-order valence-electron chi connectivity index (χ4n) is 2.94. The summed E-state index contributed by atoms with van der Waals surface area (Å²) in [6, 6.07) is 11.3. The van der Waals surface area contributed by atoms with Gasteiger partial charge in [0.05, 0.1) is 25.2 Å². The van der Waals surface area contributed by atoms with E-state index in [9.17, 15) is 9.50 Å². The van der Waals surface area contributed by atoms with Crippen LogP contribution in [-0.4, -0.2) is 42.4 Å². The molecule has 1 aromatic heterocycles. The lowest BCUT2D eigenvalue weighted by Crippen LogP contribution is -2.54. The van der Waals surface area contributed by atoms with Crippen LogP contribution in [0.15, 0.2) is 36.4 Å². The molecule has 1 N–H and O–H groups in total. The molecular weight excluding hydrogens is 325 g/mol. The van der Waals surface area contributed by atoms with Crippen molar-refractivity contribution in [1.29, 1.82) is 0 Å². The molecule has 5 heteroatoms. The molecule has 3 nitrogen and oxygen atoms in total. The maximum atomic E-state index is 13.4. The topological polar surface area (TPSA) is 32.7 Å². The number of ether oxygens (including phenoxy) is 1. The normalized spacial score (nSPS) is 16.6. The van der Waals surface area contributed by atoms with E-state index in [1.165, 1.54) is 10.9 Å². The van der Waals surface area contributed by atoms with E-state index in [4.69, 9.17) is 4.74 Å². The number of aliphatic hydroxyl groups is 1. The maximum absolute atomic E-state index is 13.4. The van der Waals surface area contributed by atoms with Crippen LogP contribution >= 0.6 is 11.3 Å². The molecule has 0 spiro atoms. The largest absolute Gasteiger partial charge is 0.396 e. The summed E-state index contributed by atoms with van der Waals surface area (Å²) in [6.45, 7) is 7.43. The summed E-state index contributed by atoms with van der Waals surface area (Å²) >= 11 is 1.70. The summed E-state index contributed by atoms with van der Waals surface area (Å²) in [4.78, 5) is 4.70. The average molecular weight is 349 g/mol. The van der Waals surface area contributed by atoms with E-state index in [-0.39, 0.29) is 17.8 Å². The van der Waals surface area contributed by atoms with E-state index in [0.717, 1.165) is 23.5 Å². The molecule has 24 heavy (non-hydrogen) atoms. The van der Waals surface area contributed by atoms with Gasteiger partial charge < -0.3 is 9.84 Å². The van der Waals surface area contributed by atoms with Crippen molar-refractivity contribution in [2.45, 2.75) is 26.4 Å². The number of aliphatic hydroxyl groups excluding tert-OH is 1. The van der Waals surface area contributed by atoms with Gasteiger partial charge in [0.25, 0.3) is 0 Å². The van der Waals surface area contributed by atoms with Crippen LogP contribution in [0.3, 0.4) is 0 Å². The molecule has 0 radical (unpaired) electrons. The van der Waals surface area contributed by atoms with Crippen molar-refractivity contribution < 1.29 is 14.2 Å². The van der Waals surface area contributed by atoms with Gasteiger partial charge in [0, 0.05) is 28.9 Å². The maximum Gasteiger partial charge on any atom is 0.123 e. The average Bonchev–Trinajstić information content (AvgIpc) is 2.98. The number of rotatable bonds is 7. The van der Waals surface area contributed by atoms with Crippen molar-refractivity contribution >= 4 is 11.3 Å². The molecule has 0 atom stereocenters. The van der Waals surface area contributed by atoms with Crippen LogP contribution in [0.25, 0.3) is 10.4 Å². The van der Waals surface area contributed by atoms with Gasteiger partial charge in [-0.25, -0.2) is 4.39 Å². The molecule has 0 bridgehead atoms. The Bertz CT molecular complexity index is 676. The minimum atomic E-state index is -0.207. The van der Waals surface area contributed by atoms with Gasteiger partial charge in [0.2, 0.25) is 0 Å². The van der Waals surface area contributed by atoms with Gasteiger partial charge in [-0.1, -0.05) is 12.1 Å². The number of thiophene rings is 1. The van der Waals surface area contributed by atoms with Crippen molar-refractivity contribution in [1.82, 2.24) is 4.90 Å². The van der Waals surface area contributed by atoms with Gasteiger partial charge in [0.15, 0.2) is 0 Å². The standard InChI is InChI=1S/C19H24FNO2S/c1-14(2)21(10-19(11-22)12-23-13-19)9-17-6-7-18(24-17)15-4-3-5-16(20)8-15/h3-8,14,22H,9-13H2,1-2H3. The van der Waals surface area contributed by atoms with Crippen LogP contribution in [0.5, 0.6) is 0 Å². The predicted octanol–water partition coefficient (Wildman–Crippen LogP) is 3.77. The second-order valence-corrected chi connectivity index (χ2v) is 8.09. The summed E-state index contributed by atoms with van der Waals surface area (Å²) in [7, 11) is 0. The van der Waals surface area contributed by atoms with E-state index in [1.54, 1.807) is 23.5 Å². The highest BCUT2D eigenvalue weighted by Gasteiger charge is 2.40.